The molecule has 0 aromatic heterocycles. The summed E-state index contributed by atoms with van der Waals surface area (Å²) in [5.41, 5.74) is -1.11. The second-order valence-corrected chi connectivity index (χ2v) is 5.50. The van der Waals surface area contributed by atoms with E-state index in [0.717, 1.165) is 6.07 Å². The molecule has 0 bridgehead atoms. The minimum atomic E-state index is -1.17. The van der Waals surface area contributed by atoms with Crippen LogP contribution in [0.25, 0.3) is 0 Å². The van der Waals surface area contributed by atoms with Crippen molar-refractivity contribution >= 4 is 28.6 Å². The van der Waals surface area contributed by atoms with Crippen molar-refractivity contribution in [2.45, 2.75) is 26.4 Å². The molecule has 0 saturated carbocycles. The lowest BCUT2D eigenvalue weighted by Gasteiger charge is -2.19. The minimum absolute atomic E-state index is 0.376. The summed E-state index contributed by atoms with van der Waals surface area (Å²) in [4.78, 5) is 11.6. The summed E-state index contributed by atoms with van der Waals surface area (Å²) in [7, 11) is 0. The normalized spacial score (nSPS) is 11.4. The van der Waals surface area contributed by atoms with E-state index in [1.54, 1.807) is 43.4 Å². The molecule has 0 aliphatic rings. The van der Waals surface area contributed by atoms with Gasteiger partial charge in [-0.05, 0) is 55.5 Å². The molecule has 0 aliphatic carbocycles. The van der Waals surface area contributed by atoms with Crippen LogP contribution < -0.4 is 0 Å². The lowest BCUT2D eigenvalue weighted by Crippen LogP contribution is -2.24. The van der Waals surface area contributed by atoms with Crippen LogP contribution in [-0.2, 0) is 4.74 Å². The smallest absolute Gasteiger partial charge is 0.341 e. The summed E-state index contributed by atoms with van der Waals surface area (Å²) in [6, 6.07) is 2.27. The fourth-order valence-electron chi connectivity index (χ4n) is 1.04. The van der Waals surface area contributed by atoms with Gasteiger partial charge in [0.2, 0.25) is 0 Å². The second-order valence-electron chi connectivity index (χ2n) is 4.25. The van der Waals surface area contributed by atoms with Crippen LogP contribution in [0.1, 0.15) is 31.1 Å². The first-order chi connectivity index (χ1) is 7.20. The molecule has 1 aromatic rings. The van der Waals surface area contributed by atoms with Crippen LogP contribution in [0.5, 0.6) is 0 Å². The number of ether oxygens (including phenoxy) is 1. The van der Waals surface area contributed by atoms with Crippen LogP contribution in [0, 0.1) is 15.2 Å². The quantitative estimate of drug-likeness (QED) is 0.444. The molecule has 0 unspecified atom stereocenters. The van der Waals surface area contributed by atoms with E-state index in [0.29, 0.717) is 3.57 Å². The molecular formula is C11H11F2IO2. The summed E-state index contributed by atoms with van der Waals surface area (Å²) < 4.78 is 31.8. The van der Waals surface area contributed by atoms with E-state index in [9.17, 15) is 13.6 Å². The maximum atomic E-state index is 13.3. The topological polar surface area (TPSA) is 26.3 Å². The molecule has 0 heterocycles. The van der Waals surface area contributed by atoms with Crippen LogP contribution in [0.2, 0.25) is 0 Å². The lowest BCUT2D eigenvalue weighted by atomic mass is 10.1. The van der Waals surface area contributed by atoms with E-state index < -0.39 is 23.2 Å². The Morgan fingerprint density at radius 3 is 2.38 bits per heavy atom. The molecule has 0 aliphatic heterocycles. The molecule has 1 rings (SSSR count). The van der Waals surface area contributed by atoms with Gasteiger partial charge >= 0.3 is 5.97 Å². The first-order valence-electron chi connectivity index (χ1n) is 4.58. The second kappa shape index (κ2) is 4.65. The number of esters is 1. The van der Waals surface area contributed by atoms with Crippen molar-refractivity contribution in [2.24, 2.45) is 0 Å². The Hall–Kier alpha value is -0.720. The van der Waals surface area contributed by atoms with E-state index in [4.69, 9.17) is 4.74 Å². The SMILES string of the molecule is CC(C)(C)OC(=O)c1cc(I)cc(F)c1F. The Labute approximate surface area is 106 Å². The van der Waals surface area contributed by atoms with Crippen molar-refractivity contribution in [2.75, 3.05) is 0 Å². The van der Waals surface area contributed by atoms with Crippen LogP contribution in [0.3, 0.4) is 0 Å². The van der Waals surface area contributed by atoms with Crippen molar-refractivity contribution in [3.8, 4) is 0 Å². The van der Waals surface area contributed by atoms with Crippen molar-refractivity contribution in [3.05, 3.63) is 32.9 Å². The fourth-order valence-corrected chi connectivity index (χ4v) is 1.62. The number of hydrogen-bond acceptors (Lipinski definition) is 2. The van der Waals surface area contributed by atoms with Gasteiger partial charge in [-0.2, -0.15) is 0 Å². The van der Waals surface area contributed by atoms with Gasteiger partial charge in [-0.15, -0.1) is 0 Å². The minimum Gasteiger partial charge on any atom is -0.456 e. The summed E-state index contributed by atoms with van der Waals surface area (Å²) in [6.07, 6.45) is 0. The molecule has 0 N–H and O–H groups in total. The molecule has 0 atom stereocenters. The lowest BCUT2D eigenvalue weighted by molar-refractivity contribution is 0.00635. The third-order valence-corrected chi connectivity index (χ3v) is 2.23. The maximum absolute atomic E-state index is 13.3. The number of carbonyl (C=O) groups is 1. The van der Waals surface area contributed by atoms with Crippen molar-refractivity contribution in [1.29, 1.82) is 0 Å². The number of hydrogen-bond donors (Lipinski definition) is 0. The number of benzene rings is 1. The molecule has 5 heteroatoms. The highest BCUT2D eigenvalue weighted by atomic mass is 127. The summed E-state index contributed by atoms with van der Waals surface area (Å²) in [5, 5.41) is 0. The zero-order chi connectivity index (χ0) is 12.5. The Bertz CT molecular complexity index is 425. The monoisotopic (exact) mass is 340 g/mol. The third-order valence-electron chi connectivity index (χ3n) is 1.61. The zero-order valence-electron chi connectivity index (χ0n) is 9.11. The van der Waals surface area contributed by atoms with Crippen LogP contribution in [0.15, 0.2) is 12.1 Å². The van der Waals surface area contributed by atoms with Crippen molar-refractivity contribution < 1.29 is 18.3 Å². The average molecular weight is 340 g/mol. The van der Waals surface area contributed by atoms with Gasteiger partial charge in [0.05, 0.1) is 5.56 Å². The summed E-state index contributed by atoms with van der Waals surface area (Å²) in [5.74, 6) is -3.08. The molecule has 88 valence electrons. The van der Waals surface area contributed by atoms with Crippen molar-refractivity contribution in [3.63, 3.8) is 0 Å². The van der Waals surface area contributed by atoms with Gasteiger partial charge in [0, 0.05) is 3.57 Å². The number of carbonyl (C=O) groups excluding carboxylic acids is 1. The molecule has 0 saturated heterocycles. The Kier molecular flexibility index (Phi) is 3.88. The van der Waals surface area contributed by atoms with Gasteiger partial charge in [-0.25, -0.2) is 13.6 Å². The maximum Gasteiger partial charge on any atom is 0.341 e. The molecular weight excluding hydrogens is 329 g/mol. The van der Waals surface area contributed by atoms with Gasteiger partial charge in [0.25, 0.3) is 0 Å². The van der Waals surface area contributed by atoms with Gasteiger partial charge in [-0.3, -0.25) is 0 Å². The third kappa shape index (κ3) is 3.40. The zero-order valence-corrected chi connectivity index (χ0v) is 11.3. The van der Waals surface area contributed by atoms with E-state index >= 15 is 0 Å². The van der Waals surface area contributed by atoms with Crippen LogP contribution >= 0.6 is 22.6 Å². The van der Waals surface area contributed by atoms with Crippen molar-refractivity contribution in [1.82, 2.24) is 0 Å². The van der Waals surface area contributed by atoms with Gasteiger partial charge in [0.1, 0.15) is 5.60 Å². The highest BCUT2D eigenvalue weighted by Gasteiger charge is 2.23. The average Bonchev–Trinajstić information content (AvgIpc) is 2.08. The number of halogens is 3. The molecule has 1 aromatic carbocycles. The summed E-state index contributed by atoms with van der Waals surface area (Å²) in [6.45, 7) is 4.98. The Morgan fingerprint density at radius 2 is 1.88 bits per heavy atom. The fraction of sp³-hybridized carbons (Fsp3) is 0.364. The largest absolute Gasteiger partial charge is 0.456 e. The Morgan fingerprint density at radius 1 is 1.31 bits per heavy atom. The molecule has 0 amide bonds. The number of rotatable bonds is 1. The molecule has 0 spiro atoms. The molecule has 0 radical (unpaired) electrons. The standard InChI is InChI=1S/C11H11F2IO2/c1-11(2,3)16-10(15)7-4-6(14)5-8(12)9(7)13/h4-5H,1-3H3. The van der Waals surface area contributed by atoms with Crippen LogP contribution in [-0.4, -0.2) is 11.6 Å². The molecule has 0 fully saturated rings. The van der Waals surface area contributed by atoms with Gasteiger partial charge in [-0.1, -0.05) is 0 Å². The highest BCUT2D eigenvalue weighted by Crippen LogP contribution is 2.19. The van der Waals surface area contributed by atoms with E-state index in [-0.39, 0.29) is 5.56 Å². The molecule has 16 heavy (non-hydrogen) atoms. The van der Waals surface area contributed by atoms with E-state index in [2.05, 4.69) is 0 Å². The van der Waals surface area contributed by atoms with Gasteiger partial charge < -0.3 is 4.74 Å². The van der Waals surface area contributed by atoms with E-state index in [1.165, 1.54) is 6.07 Å². The molecule has 2 nitrogen and oxygen atoms in total. The first-order valence-corrected chi connectivity index (χ1v) is 5.66. The Balaban J connectivity index is 3.09. The first kappa shape index (κ1) is 13.3. The predicted octanol–water partition coefficient (Wildman–Crippen LogP) is 3.52. The highest BCUT2D eigenvalue weighted by molar-refractivity contribution is 14.1. The summed E-state index contributed by atoms with van der Waals surface area (Å²) >= 11 is 1.80. The van der Waals surface area contributed by atoms with Crippen LogP contribution in [0.4, 0.5) is 8.78 Å². The van der Waals surface area contributed by atoms with Gasteiger partial charge in [0.15, 0.2) is 11.6 Å². The van der Waals surface area contributed by atoms with E-state index in [1.807, 2.05) is 0 Å². The predicted molar refractivity (Wildman–Crippen MR) is 64.2 cm³/mol.